The van der Waals surface area contributed by atoms with Crippen LogP contribution in [0, 0.1) is 13.0 Å². The standard InChI is InChI=1S/C9H11O/c1-8-5-3-4-6-9(8)7-10-2/h4-6H,7H2,1-2H3. The van der Waals surface area contributed by atoms with Gasteiger partial charge in [-0.1, -0.05) is 18.2 Å². The van der Waals surface area contributed by atoms with Crippen LogP contribution in [0.1, 0.15) is 11.1 Å². The molecule has 0 bridgehead atoms. The molecule has 0 aliphatic carbocycles. The van der Waals surface area contributed by atoms with Crippen molar-refractivity contribution in [1.82, 2.24) is 0 Å². The Hall–Kier alpha value is -0.820. The molecule has 0 atom stereocenters. The van der Waals surface area contributed by atoms with Crippen LogP contribution in [0.5, 0.6) is 0 Å². The summed E-state index contributed by atoms with van der Waals surface area (Å²) in [7, 11) is 1.70. The van der Waals surface area contributed by atoms with Gasteiger partial charge in [-0.25, -0.2) is 0 Å². The van der Waals surface area contributed by atoms with E-state index in [4.69, 9.17) is 4.74 Å². The monoisotopic (exact) mass is 135 g/mol. The zero-order chi connectivity index (χ0) is 7.40. The molecule has 0 spiro atoms. The normalized spacial score (nSPS) is 9.80. The lowest BCUT2D eigenvalue weighted by Gasteiger charge is -2.01. The minimum Gasteiger partial charge on any atom is -0.380 e. The second kappa shape index (κ2) is 3.37. The second-order valence-corrected chi connectivity index (χ2v) is 2.29. The number of aryl methyl sites for hydroxylation is 1. The van der Waals surface area contributed by atoms with E-state index in [0.29, 0.717) is 6.61 Å². The molecule has 10 heavy (non-hydrogen) atoms. The maximum Gasteiger partial charge on any atom is 0.0715 e. The number of hydrogen-bond acceptors (Lipinski definition) is 1. The van der Waals surface area contributed by atoms with Gasteiger partial charge in [-0.3, -0.25) is 0 Å². The third-order valence-electron chi connectivity index (χ3n) is 1.49. The molecule has 0 fully saturated rings. The molecule has 1 nitrogen and oxygen atoms in total. The van der Waals surface area contributed by atoms with E-state index in [2.05, 4.69) is 13.0 Å². The minimum atomic E-state index is 0.695. The number of hydrogen-bond donors (Lipinski definition) is 0. The van der Waals surface area contributed by atoms with Crippen LogP contribution in [-0.4, -0.2) is 7.11 Å². The van der Waals surface area contributed by atoms with Gasteiger partial charge in [-0.05, 0) is 24.1 Å². The Labute approximate surface area is 61.6 Å². The maximum atomic E-state index is 4.99. The van der Waals surface area contributed by atoms with Crippen LogP contribution < -0.4 is 0 Å². The van der Waals surface area contributed by atoms with E-state index >= 15 is 0 Å². The van der Waals surface area contributed by atoms with Crippen LogP contribution in [-0.2, 0) is 11.3 Å². The van der Waals surface area contributed by atoms with Crippen molar-refractivity contribution in [3.63, 3.8) is 0 Å². The van der Waals surface area contributed by atoms with Crippen molar-refractivity contribution in [3.05, 3.63) is 35.4 Å². The highest BCUT2D eigenvalue weighted by atomic mass is 16.5. The van der Waals surface area contributed by atoms with E-state index in [9.17, 15) is 0 Å². The number of methoxy groups -OCH3 is 1. The topological polar surface area (TPSA) is 9.23 Å². The molecule has 0 heterocycles. The predicted molar refractivity (Wildman–Crippen MR) is 40.7 cm³/mol. The number of ether oxygens (including phenoxy) is 1. The summed E-state index contributed by atoms with van der Waals surface area (Å²) >= 11 is 0. The molecule has 0 unspecified atom stereocenters. The molecule has 1 radical (unpaired) electrons. The lowest BCUT2D eigenvalue weighted by atomic mass is 10.1. The van der Waals surface area contributed by atoms with Crippen LogP contribution in [0.2, 0.25) is 0 Å². The molecule has 0 aliphatic rings. The summed E-state index contributed by atoms with van der Waals surface area (Å²) in [5, 5.41) is 0. The Morgan fingerprint density at radius 1 is 1.60 bits per heavy atom. The van der Waals surface area contributed by atoms with Gasteiger partial charge in [0.25, 0.3) is 0 Å². The van der Waals surface area contributed by atoms with Gasteiger partial charge in [-0.2, -0.15) is 0 Å². The van der Waals surface area contributed by atoms with Crippen molar-refractivity contribution >= 4 is 0 Å². The van der Waals surface area contributed by atoms with Gasteiger partial charge in [0.15, 0.2) is 0 Å². The van der Waals surface area contributed by atoms with Crippen molar-refractivity contribution in [2.24, 2.45) is 0 Å². The summed E-state index contributed by atoms with van der Waals surface area (Å²) in [6.45, 7) is 2.76. The Morgan fingerprint density at radius 3 is 3.00 bits per heavy atom. The first-order valence-electron chi connectivity index (χ1n) is 3.29. The molecule has 0 aliphatic heterocycles. The molecule has 0 N–H and O–H groups in total. The molecule has 0 amide bonds. The highest BCUT2D eigenvalue weighted by molar-refractivity contribution is 5.23. The van der Waals surface area contributed by atoms with Crippen molar-refractivity contribution in [2.45, 2.75) is 13.5 Å². The molecule has 1 aromatic carbocycles. The zero-order valence-electron chi connectivity index (χ0n) is 6.35. The summed E-state index contributed by atoms with van der Waals surface area (Å²) in [6, 6.07) is 8.90. The van der Waals surface area contributed by atoms with Crippen molar-refractivity contribution in [1.29, 1.82) is 0 Å². The fourth-order valence-electron chi connectivity index (χ4n) is 0.863. The first-order valence-corrected chi connectivity index (χ1v) is 3.29. The third-order valence-corrected chi connectivity index (χ3v) is 1.49. The minimum absolute atomic E-state index is 0.695. The number of rotatable bonds is 2. The molecule has 53 valence electrons. The molecule has 0 saturated carbocycles. The molecule has 1 rings (SSSR count). The van der Waals surface area contributed by atoms with Crippen molar-refractivity contribution < 1.29 is 4.74 Å². The van der Waals surface area contributed by atoms with Gasteiger partial charge in [0.2, 0.25) is 0 Å². The Morgan fingerprint density at radius 2 is 2.40 bits per heavy atom. The Bertz CT molecular complexity index is 206. The van der Waals surface area contributed by atoms with E-state index in [0.717, 1.165) is 0 Å². The average Bonchev–Trinajstić information content (AvgIpc) is 1.94. The number of benzene rings is 1. The third kappa shape index (κ3) is 1.58. The quantitative estimate of drug-likeness (QED) is 0.602. The fourth-order valence-corrected chi connectivity index (χ4v) is 0.863. The molecule has 1 heteroatoms. The van der Waals surface area contributed by atoms with E-state index in [1.165, 1.54) is 11.1 Å². The molecular formula is C9H11O. The van der Waals surface area contributed by atoms with Gasteiger partial charge < -0.3 is 4.74 Å². The Balaban J connectivity index is 2.81. The van der Waals surface area contributed by atoms with Crippen LogP contribution in [0.25, 0.3) is 0 Å². The second-order valence-electron chi connectivity index (χ2n) is 2.29. The highest BCUT2D eigenvalue weighted by Crippen LogP contribution is 2.06. The van der Waals surface area contributed by atoms with Gasteiger partial charge in [0.1, 0.15) is 0 Å². The van der Waals surface area contributed by atoms with E-state index < -0.39 is 0 Å². The summed E-state index contributed by atoms with van der Waals surface area (Å²) in [5.74, 6) is 0. The predicted octanol–water partition coefficient (Wildman–Crippen LogP) is 1.94. The van der Waals surface area contributed by atoms with Gasteiger partial charge in [0, 0.05) is 7.11 Å². The van der Waals surface area contributed by atoms with E-state index in [1.54, 1.807) is 7.11 Å². The lowest BCUT2D eigenvalue weighted by Crippen LogP contribution is -1.89. The van der Waals surface area contributed by atoms with Crippen LogP contribution in [0.4, 0.5) is 0 Å². The first-order chi connectivity index (χ1) is 4.84. The van der Waals surface area contributed by atoms with Crippen molar-refractivity contribution in [3.8, 4) is 0 Å². The van der Waals surface area contributed by atoms with Crippen LogP contribution >= 0.6 is 0 Å². The summed E-state index contributed by atoms with van der Waals surface area (Å²) in [5.41, 5.74) is 2.48. The molecule has 1 aromatic rings. The van der Waals surface area contributed by atoms with E-state index in [-0.39, 0.29) is 0 Å². The SMILES string of the molecule is COCc1cc[c]cc1C. The van der Waals surface area contributed by atoms with Gasteiger partial charge in [-0.15, -0.1) is 0 Å². The van der Waals surface area contributed by atoms with E-state index in [1.807, 2.05) is 18.2 Å². The fraction of sp³-hybridized carbons (Fsp3) is 0.333. The highest BCUT2D eigenvalue weighted by Gasteiger charge is 1.93. The lowest BCUT2D eigenvalue weighted by molar-refractivity contribution is 0.184. The van der Waals surface area contributed by atoms with Crippen molar-refractivity contribution in [2.75, 3.05) is 7.11 Å². The largest absolute Gasteiger partial charge is 0.380 e. The zero-order valence-corrected chi connectivity index (χ0v) is 6.35. The Kier molecular flexibility index (Phi) is 2.46. The van der Waals surface area contributed by atoms with Crippen LogP contribution in [0.15, 0.2) is 18.2 Å². The summed E-state index contributed by atoms with van der Waals surface area (Å²) in [6.07, 6.45) is 0. The van der Waals surface area contributed by atoms with Gasteiger partial charge in [0.05, 0.1) is 6.61 Å². The average molecular weight is 135 g/mol. The first kappa shape index (κ1) is 7.29. The molecule has 0 saturated heterocycles. The van der Waals surface area contributed by atoms with Crippen LogP contribution in [0.3, 0.4) is 0 Å². The summed E-state index contributed by atoms with van der Waals surface area (Å²) < 4.78 is 4.99. The maximum absolute atomic E-state index is 4.99. The molecular weight excluding hydrogens is 124 g/mol. The summed E-state index contributed by atoms with van der Waals surface area (Å²) in [4.78, 5) is 0. The smallest absolute Gasteiger partial charge is 0.0715 e. The van der Waals surface area contributed by atoms with Gasteiger partial charge >= 0.3 is 0 Å². The molecule has 0 aromatic heterocycles.